The molecule has 0 atom stereocenters. The second-order valence-corrected chi connectivity index (χ2v) is 6.73. The van der Waals surface area contributed by atoms with E-state index in [2.05, 4.69) is 27.7 Å². The molecular weight excluding hydrogens is 211 g/mol. The van der Waals surface area contributed by atoms with Crippen molar-refractivity contribution in [3.05, 3.63) is 0 Å². The molecule has 0 aromatic heterocycles. The topological polar surface area (TPSA) is 18.5 Å². The van der Waals surface area contributed by atoms with Gasteiger partial charge in [0.05, 0.1) is 11.2 Å². The molecule has 17 heavy (non-hydrogen) atoms. The second kappa shape index (κ2) is 4.93. The van der Waals surface area contributed by atoms with Crippen molar-refractivity contribution in [1.29, 1.82) is 0 Å². The zero-order valence-electron chi connectivity index (χ0n) is 11.9. The lowest BCUT2D eigenvalue weighted by Gasteiger charge is -2.32. The minimum absolute atomic E-state index is 0.0260. The summed E-state index contributed by atoms with van der Waals surface area (Å²) in [5.41, 5.74) is -0.333. The molecule has 1 saturated carbocycles. The Bertz CT molecular complexity index is 239. The van der Waals surface area contributed by atoms with Gasteiger partial charge in [-0.1, -0.05) is 44.9 Å². The lowest BCUT2D eigenvalue weighted by atomic mass is 9.66. The summed E-state index contributed by atoms with van der Waals surface area (Å²) in [7, 11) is 0.0260. The van der Waals surface area contributed by atoms with Crippen LogP contribution in [0.5, 0.6) is 0 Å². The van der Waals surface area contributed by atoms with Gasteiger partial charge in [0.15, 0.2) is 0 Å². The quantitative estimate of drug-likeness (QED) is 0.637. The average molecular weight is 238 g/mol. The van der Waals surface area contributed by atoms with Crippen LogP contribution in [0.25, 0.3) is 0 Å². The Morgan fingerprint density at radius 3 is 1.65 bits per heavy atom. The van der Waals surface area contributed by atoms with Crippen molar-refractivity contribution < 1.29 is 9.31 Å². The van der Waals surface area contributed by atoms with Gasteiger partial charge in [0, 0.05) is 0 Å². The van der Waals surface area contributed by atoms with Gasteiger partial charge in [0.25, 0.3) is 0 Å². The van der Waals surface area contributed by atoms with Gasteiger partial charge in [0.2, 0.25) is 0 Å². The Kier molecular flexibility index (Phi) is 3.89. The van der Waals surface area contributed by atoms with Gasteiger partial charge in [-0.05, 0) is 33.5 Å². The van der Waals surface area contributed by atoms with Crippen LogP contribution >= 0.6 is 0 Å². The van der Waals surface area contributed by atoms with E-state index in [1.165, 1.54) is 44.9 Å². The van der Waals surface area contributed by atoms with Crippen LogP contribution in [0.1, 0.15) is 72.6 Å². The van der Waals surface area contributed by atoms with Gasteiger partial charge in [0.1, 0.15) is 0 Å². The molecule has 0 N–H and O–H groups in total. The van der Waals surface area contributed by atoms with Crippen molar-refractivity contribution in [3.63, 3.8) is 0 Å². The van der Waals surface area contributed by atoms with Crippen molar-refractivity contribution in [2.45, 2.75) is 89.7 Å². The molecular formula is C14H27BO2. The zero-order chi connectivity index (χ0) is 12.5. The SMILES string of the molecule is CC1(C)OB(C2CCCCCCC2)OC1(C)C. The molecule has 0 aromatic rings. The van der Waals surface area contributed by atoms with E-state index in [1.807, 2.05) is 0 Å². The van der Waals surface area contributed by atoms with E-state index in [0.29, 0.717) is 5.82 Å². The first-order valence-corrected chi connectivity index (χ1v) is 7.28. The summed E-state index contributed by atoms with van der Waals surface area (Å²) in [6.45, 7) is 8.59. The van der Waals surface area contributed by atoms with E-state index in [4.69, 9.17) is 9.31 Å². The van der Waals surface area contributed by atoms with E-state index in [-0.39, 0.29) is 18.3 Å². The maximum absolute atomic E-state index is 6.18. The lowest BCUT2D eigenvalue weighted by Crippen LogP contribution is -2.41. The third-order valence-electron chi connectivity index (χ3n) is 4.81. The minimum Gasteiger partial charge on any atom is -0.403 e. The molecule has 0 radical (unpaired) electrons. The fourth-order valence-electron chi connectivity index (χ4n) is 2.84. The first-order valence-electron chi connectivity index (χ1n) is 7.28. The molecule has 1 aliphatic carbocycles. The first-order chi connectivity index (χ1) is 7.92. The van der Waals surface area contributed by atoms with Crippen LogP contribution in [-0.4, -0.2) is 18.3 Å². The third-order valence-corrected chi connectivity index (χ3v) is 4.81. The monoisotopic (exact) mass is 238 g/mol. The standard InChI is InChI=1S/C14H27BO2/c1-13(2)14(3,4)17-15(16-13)12-10-8-6-5-7-9-11-12/h12H,5-11H2,1-4H3. The summed E-state index contributed by atoms with van der Waals surface area (Å²) in [5, 5.41) is 0. The van der Waals surface area contributed by atoms with Gasteiger partial charge < -0.3 is 9.31 Å². The fourth-order valence-corrected chi connectivity index (χ4v) is 2.84. The smallest absolute Gasteiger partial charge is 0.403 e. The molecule has 0 bridgehead atoms. The molecule has 2 nitrogen and oxygen atoms in total. The van der Waals surface area contributed by atoms with Crippen LogP contribution in [0.15, 0.2) is 0 Å². The summed E-state index contributed by atoms with van der Waals surface area (Å²) >= 11 is 0. The summed E-state index contributed by atoms with van der Waals surface area (Å²) < 4.78 is 12.4. The third kappa shape index (κ3) is 2.87. The highest BCUT2D eigenvalue weighted by Gasteiger charge is 2.53. The Morgan fingerprint density at radius 2 is 1.18 bits per heavy atom. The summed E-state index contributed by atoms with van der Waals surface area (Å²) in [4.78, 5) is 0. The Balaban J connectivity index is 1.98. The number of hydrogen-bond acceptors (Lipinski definition) is 2. The van der Waals surface area contributed by atoms with Crippen molar-refractivity contribution >= 4 is 7.12 Å². The van der Waals surface area contributed by atoms with Crippen LogP contribution in [0.2, 0.25) is 5.82 Å². The second-order valence-electron chi connectivity index (χ2n) is 6.73. The van der Waals surface area contributed by atoms with Gasteiger partial charge in [-0.15, -0.1) is 0 Å². The highest BCUT2D eigenvalue weighted by atomic mass is 16.7. The highest BCUT2D eigenvalue weighted by Crippen LogP contribution is 2.43. The largest absolute Gasteiger partial charge is 0.461 e. The molecule has 1 aliphatic heterocycles. The van der Waals surface area contributed by atoms with Gasteiger partial charge in [-0.25, -0.2) is 0 Å². The fraction of sp³-hybridized carbons (Fsp3) is 1.00. The van der Waals surface area contributed by atoms with Crippen LogP contribution in [0, 0.1) is 0 Å². The highest BCUT2D eigenvalue weighted by molar-refractivity contribution is 6.47. The van der Waals surface area contributed by atoms with Crippen LogP contribution in [0.3, 0.4) is 0 Å². The van der Waals surface area contributed by atoms with E-state index in [1.54, 1.807) is 0 Å². The van der Waals surface area contributed by atoms with Crippen molar-refractivity contribution in [3.8, 4) is 0 Å². The summed E-state index contributed by atoms with van der Waals surface area (Å²) in [6, 6.07) is 0. The van der Waals surface area contributed by atoms with Crippen LogP contribution in [-0.2, 0) is 9.31 Å². The Morgan fingerprint density at radius 1 is 0.765 bits per heavy atom. The van der Waals surface area contributed by atoms with E-state index >= 15 is 0 Å². The molecule has 0 amide bonds. The normalized spacial score (nSPS) is 30.0. The van der Waals surface area contributed by atoms with E-state index in [0.717, 1.165) is 0 Å². The summed E-state index contributed by atoms with van der Waals surface area (Å²) in [6.07, 6.45) is 9.42. The first kappa shape index (κ1) is 13.4. The van der Waals surface area contributed by atoms with E-state index < -0.39 is 0 Å². The Hall–Kier alpha value is -0.0151. The molecule has 3 heteroatoms. The van der Waals surface area contributed by atoms with Crippen LogP contribution < -0.4 is 0 Å². The molecule has 98 valence electrons. The predicted molar refractivity (Wildman–Crippen MR) is 72.2 cm³/mol. The maximum atomic E-state index is 6.18. The molecule has 0 unspecified atom stereocenters. The molecule has 2 rings (SSSR count). The van der Waals surface area contributed by atoms with Gasteiger partial charge in [-0.2, -0.15) is 0 Å². The molecule has 1 saturated heterocycles. The molecule has 2 aliphatic rings. The molecule has 0 spiro atoms. The van der Waals surface area contributed by atoms with Crippen molar-refractivity contribution in [2.75, 3.05) is 0 Å². The average Bonchev–Trinajstić information content (AvgIpc) is 2.34. The molecule has 2 fully saturated rings. The van der Waals surface area contributed by atoms with Crippen LogP contribution in [0.4, 0.5) is 0 Å². The maximum Gasteiger partial charge on any atom is 0.461 e. The number of rotatable bonds is 1. The minimum atomic E-state index is -0.167. The lowest BCUT2D eigenvalue weighted by molar-refractivity contribution is 0.00578. The van der Waals surface area contributed by atoms with Gasteiger partial charge in [-0.3, -0.25) is 0 Å². The van der Waals surface area contributed by atoms with Crippen molar-refractivity contribution in [1.82, 2.24) is 0 Å². The number of hydrogen-bond donors (Lipinski definition) is 0. The van der Waals surface area contributed by atoms with Crippen molar-refractivity contribution in [2.24, 2.45) is 0 Å². The van der Waals surface area contributed by atoms with Gasteiger partial charge >= 0.3 is 7.12 Å². The molecule has 1 heterocycles. The molecule has 0 aromatic carbocycles. The van der Waals surface area contributed by atoms with E-state index in [9.17, 15) is 0 Å². The Labute approximate surface area is 107 Å². The zero-order valence-corrected chi connectivity index (χ0v) is 11.9. The predicted octanol–water partition coefficient (Wildman–Crippen LogP) is 4.19. The summed E-state index contributed by atoms with van der Waals surface area (Å²) in [5.74, 6) is 0.608.